The standard InChI is InChI=1S/C20H25NO5/c1-3-25-18-9-7-16(14-19(18)23-2)8-10-20(22)21-11-5-12-24-15-17-6-4-13-26-17/h4,6-10,13-14H,3,5,11-12,15H2,1-2H3,(H,21,22)/b10-8+. The van der Waals surface area contributed by atoms with E-state index in [0.717, 1.165) is 17.7 Å². The Balaban J connectivity index is 1.68. The van der Waals surface area contributed by atoms with Crippen LogP contribution in [-0.2, 0) is 16.1 Å². The van der Waals surface area contributed by atoms with E-state index >= 15 is 0 Å². The number of ether oxygens (including phenoxy) is 3. The van der Waals surface area contributed by atoms with Crippen LogP contribution in [0, 0.1) is 0 Å². The molecule has 1 heterocycles. The van der Waals surface area contributed by atoms with E-state index < -0.39 is 0 Å². The van der Waals surface area contributed by atoms with E-state index in [2.05, 4.69) is 5.32 Å². The highest BCUT2D eigenvalue weighted by molar-refractivity contribution is 5.91. The first-order chi connectivity index (χ1) is 12.7. The van der Waals surface area contributed by atoms with Gasteiger partial charge in [-0.05, 0) is 49.2 Å². The predicted octanol–water partition coefficient (Wildman–Crippen LogP) is 3.42. The molecule has 1 aromatic carbocycles. The van der Waals surface area contributed by atoms with Crippen LogP contribution in [0.3, 0.4) is 0 Å². The van der Waals surface area contributed by atoms with E-state index in [9.17, 15) is 4.79 Å². The van der Waals surface area contributed by atoms with Crippen LogP contribution in [0.1, 0.15) is 24.7 Å². The van der Waals surface area contributed by atoms with E-state index in [1.807, 2.05) is 37.3 Å². The van der Waals surface area contributed by atoms with E-state index in [1.54, 1.807) is 19.4 Å². The van der Waals surface area contributed by atoms with Crippen LogP contribution in [-0.4, -0.2) is 32.8 Å². The summed E-state index contributed by atoms with van der Waals surface area (Å²) in [4.78, 5) is 11.9. The smallest absolute Gasteiger partial charge is 0.244 e. The molecule has 0 atom stereocenters. The normalized spacial score (nSPS) is 10.8. The van der Waals surface area contributed by atoms with Crippen LogP contribution in [0.2, 0.25) is 0 Å². The maximum Gasteiger partial charge on any atom is 0.244 e. The number of amides is 1. The number of furan rings is 1. The Hall–Kier alpha value is -2.73. The third-order valence-corrected chi connectivity index (χ3v) is 3.50. The van der Waals surface area contributed by atoms with Crippen LogP contribution in [0.25, 0.3) is 6.08 Å². The Morgan fingerprint density at radius 2 is 2.15 bits per heavy atom. The molecule has 0 saturated heterocycles. The third-order valence-electron chi connectivity index (χ3n) is 3.50. The van der Waals surface area contributed by atoms with Crippen molar-refractivity contribution in [3.63, 3.8) is 0 Å². The van der Waals surface area contributed by atoms with Gasteiger partial charge in [0.1, 0.15) is 12.4 Å². The molecule has 0 radical (unpaired) electrons. The molecule has 0 unspecified atom stereocenters. The first-order valence-corrected chi connectivity index (χ1v) is 8.59. The van der Waals surface area contributed by atoms with E-state index in [4.69, 9.17) is 18.6 Å². The molecule has 2 rings (SSSR count). The molecular formula is C20H25NO5. The molecule has 1 amide bonds. The highest BCUT2D eigenvalue weighted by Crippen LogP contribution is 2.28. The summed E-state index contributed by atoms with van der Waals surface area (Å²) in [5.41, 5.74) is 0.863. The summed E-state index contributed by atoms with van der Waals surface area (Å²) in [5, 5.41) is 2.82. The van der Waals surface area contributed by atoms with Crippen LogP contribution in [0.5, 0.6) is 11.5 Å². The number of carbonyl (C=O) groups excluding carboxylic acids is 1. The molecule has 0 spiro atoms. The van der Waals surface area contributed by atoms with Gasteiger partial charge >= 0.3 is 0 Å². The van der Waals surface area contributed by atoms with Crippen LogP contribution < -0.4 is 14.8 Å². The minimum absolute atomic E-state index is 0.149. The quantitative estimate of drug-likeness (QED) is 0.492. The second-order valence-corrected chi connectivity index (χ2v) is 5.45. The first kappa shape index (κ1) is 19.6. The average Bonchev–Trinajstić information content (AvgIpc) is 3.17. The van der Waals surface area contributed by atoms with Gasteiger partial charge in [0.15, 0.2) is 11.5 Å². The monoisotopic (exact) mass is 359 g/mol. The summed E-state index contributed by atoms with van der Waals surface area (Å²) in [6.45, 7) is 4.04. The molecule has 0 aliphatic carbocycles. The predicted molar refractivity (Wildman–Crippen MR) is 99.2 cm³/mol. The third kappa shape index (κ3) is 6.64. The number of benzene rings is 1. The number of nitrogens with one attached hydrogen (secondary N) is 1. The number of hydrogen-bond acceptors (Lipinski definition) is 5. The van der Waals surface area contributed by atoms with Gasteiger partial charge in [-0.15, -0.1) is 0 Å². The van der Waals surface area contributed by atoms with Crippen molar-refractivity contribution in [1.82, 2.24) is 5.32 Å². The lowest BCUT2D eigenvalue weighted by Crippen LogP contribution is -2.23. The van der Waals surface area contributed by atoms with Crippen molar-refractivity contribution < 1.29 is 23.4 Å². The van der Waals surface area contributed by atoms with Crippen molar-refractivity contribution in [1.29, 1.82) is 0 Å². The lowest BCUT2D eigenvalue weighted by atomic mass is 10.2. The van der Waals surface area contributed by atoms with Crippen molar-refractivity contribution in [2.75, 3.05) is 26.9 Å². The number of methoxy groups -OCH3 is 1. The summed E-state index contributed by atoms with van der Waals surface area (Å²) in [5.74, 6) is 1.97. The minimum Gasteiger partial charge on any atom is -0.493 e. The van der Waals surface area contributed by atoms with Crippen molar-refractivity contribution in [2.45, 2.75) is 20.0 Å². The van der Waals surface area contributed by atoms with E-state index in [-0.39, 0.29) is 5.91 Å². The molecule has 26 heavy (non-hydrogen) atoms. The Morgan fingerprint density at radius 1 is 1.27 bits per heavy atom. The molecule has 6 nitrogen and oxygen atoms in total. The second-order valence-electron chi connectivity index (χ2n) is 5.45. The van der Waals surface area contributed by atoms with Gasteiger partial charge in [-0.1, -0.05) is 6.07 Å². The summed E-state index contributed by atoms with van der Waals surface area (Å²) >= 11 is 0. The zero-order valence-corrected chi connectivity index (χ0v) is 15.2. The molecule has 1 N–H and O–H groups in total. The van der Waals surface area contributed by atoms with Crippen molar-refractivity contribution in [2.24, 2.45) is 0 Å². The summed E-state index contributed by atoms with van der Waals surface area (Å²) in [7, 11) is 1.59. The second kappa shape index (κ2) is 11.0. The number of rotatable bonds is 11. The Labute approximate surface area is 153 Å². The Morgan fingerprint density at radius 3 is 2.88 bits per heavy atom. The summed E-state index contributed by atoms with van der Waals surface area (Å²) in [6.07, 6.45) is 5.59. The fourth-order valence-corrected chi connectivity index (χ4v) is 2.25. The topological polar surface area (TPSA) is 69.9 Å². The molecule has 0 saturated carbocycles. The van der Waals surface area contributed by atoms with Gasteiger partial charge in [0.25, 0.3) is 0 Å². The number of hydrogen-bond donors (Lipinski definition) is 1. The molecule has 1 aromatic heterocycles. The maximum absolute atomic E-state index is 11.9. The zero-order valence-electron chi connectivity index (χ0n) is 15.2. The molecule has 0 fully saturated rings. The summed E-state index contributed by atoms with van der Waals surface area (Å²) in [6, 6.07) is 9.22. The van der Waals surface area contributed by atoms with Gasteiger partial charge in [0.05, 0.1) is 20.0 Å². The fraction of sp³-hybridized carbons (Fsp3) is 0.350. The Bertz CT molecular complexity index is 694. The van der Waals surface area contributed by atoms with Gasteiger partial charge in [0, 0.05) is 19.2 Å². The lowest BCUT2D eigenvalue weighted by molar-refractivity contribution is -0.116. The lowest BCUT2D eigenvalue weighted by Gasteiger charge is -2.09. The first-order valence-electron chi connectivity index (χ1n) is 8.59. The van der Waals surface area contributed by atoms with Crippen LogP contribution >= 0.6 is 0 Å². The largest absolute Gasteiger partial charge is 0.493 e. The molecule has 140 valence electrons. The fourth-order valence-electron chi connectivity index (χ4n) is 2.25. The maximum atomic E-state index is 11.9. The van der Waals surface area contributed by atoms with Crippen molar-refractivity contribution in [3.8, 4) is 11.5 Å². The van der Waals surface area contributed by atoms with Gasteiger partial charge < -0.3 is 23.9 Å². The summed E-state index contributed by atoms with van der Waals surface area (Å²) < 4.78 is 21.4. The molecule has 2 aromatic rings. The van der Waals surface area contributed by atoms with Gasteiger partial charge in [-0.2, -0.15) is 0 Å². The molecular weight excluding hydrogens is 334 g/mol. The number of carbonyl (C=O) groups is 1. The molecule has 0 bridgehead atoms. The van der Waals surface area contributed by atoms with Crippen LogP contribution in [0.4, 0.5) is 0 Å². The average molecular weight is 359 g/mol. The molecule has 0 aliphatic heterocycles. The van der Waals surface area contributed by atoms with Gasteiger partial charge in [0.2, 0.25) is 5.91 Å². The minimum atomic E-state index is -0.149. The van der Waals surface area contributed by atoms with Gasteiger partial charge in [-0.3, -0.25) is 4.79 Å². The molecule has 6 heteroatoms. The van der Waals surface area contributed by atoms with Crippen molar-refractivity contribution >= 4 is 12.0 Å². The van der Waals surface area contributed by atoms with Gasteiger partial charge in [-0.25, -0.2) is 0 Å². The Kier molecular flexibility index (Phi) is 8.29. The molecule has 0 aliphatic rings. The van der Waals surface area contributed by atoms with Crippen LogP contribution in [0.15, 0.2) is 47.1 Å². The van der Waals surface area contributed by atoms with E-state index in [1.165, 1.54) is 6.08 Å². The highest BCUT2D eigenvalue weighted by Gasteiger charge is 2.04. The SMILES string of the molecule is CCOc1ccc(/C=C/C(=O)NCCCOCc2ccco2)cc1OC. The van der Waals surface area contributed by atoms with E-state index in [0.29, 0.717) is 37.9 Å². The highest BCUT2D eigenvalue weighted by atomic mass is 16.5. The van der Waals surface area contributed by atoms with Crippen molar-refractivity contribution in [3.05, 3.63) is 54.0 Å². The zero-order chi connectivity index (χ0) is 18.6.